The van der Waals surface area contributed by atoms with Crippen molar-refractivity contribution in [3.8, 4) is 0 Å². The number of halogens is 1. The van der Waals surface area contributed by atoms with Gasteiger partial charge in [-0.1, -0.05) is 18.2 Å². The van der Waals surface area contributed by atoms with Crippen LogP contribution >= 0.6 is 0 Å². The number of nitrogens with zero attached hydrogens (tertiary/aromatic N) is 2. The van der Waals surface area contributed by atoms with E-state index in [4.69, 9.17) is 4.74 Å². The minimum Gasteiger partial charge on any atom is -0.379 e. The number of anilines is 2. The first-order valence-electron chi connectivity index (χ1n) is 9.88. The monoisotopic (exact) mass is 414 g/mol. The molecule has 1 aliphatic heterocycles. The predicted molar refractivity (Wildman–Crippen MR) is 114 cm³/mol. The number of carbonyl (C=O) groups excluding carboxylic acids is 2. The maximum Gasteiger partial charge on any atom is 0.313 e. The summed E-state index contributed by atoms with van der Waals surface area (Å²) in [6.45, 7) is 3.01. The zero-order valence-electron chi connectivity index (χ0n) is 17.2. The van der Waals surface area contributed by atoms with Crippen molar-refractivity contribution in [2.24, 2.45) is 0 Å². The van der Waals surface area contributed by atoms with Gasteiger partial charge in [0.1, 0.15) is 5.82 Å². The zero-order chi connectivity index (χ0) is 21.5. The largest absolute Gasteiger partial charge is 0.379 e. The minimum absolute atomic E-state index is 0.0870. The standard InChI is InChI=1S/C22H27FN4O3/c1-26(2)19-8-6-16(7-9-19)20(27-10-12-30-13-11-27)15-24-21(28)22(29)25-18-5-3-4-17(23)14-18/h3-9,14,20H,10-13,15H2,1-2H3,(H,24,28)(H,25,29)/t20-/m0/s1. The highest BCUT2D eigenvalue weighted by Crippen LogP contribution is 2.23. The van der Waals surface area contributed by atoms with Crippen LogP contribution in [0.1, 0.15) is 11.6 Å². The summed E-state index contributed by atoms with van der Waals surface area (Å²) in [6, 6.07) is 13.5. The van der Waals surface area contributed by atoms with Crippen molar-refractivity contribution in [3.05, 3.63) is 59.9 Å². The Balaban J connectivity index is 1.66. The number of rotatable bonds is 6. The van der Waals surface area contributed by atoms with Crippen LogP contribution in [0.5, 0.6) is 0 Å². The second-order valence-corrected chi connectivity index (χ2v) is 7.32. The third kappa shape index (κ3) is 5.77. The molecule has 3 rings (SSSR count). The fourth-order valence-electron chi connectivity index (χ4n) is 3.37. The lowest BCUT2D eigenvalue weighted by Crippen LogP contribution is -2.45. The molecule has 0 aliphatic carbocycles. The molecule has 0 unspecified atom stereocenters. The van der Waals surface area contributed by atoms with Crippen molar-refractivity contribution in [1.82, 2.24) is 10.2 Å². The molecule has 2 aromatic rings. The van der Waals surface area contributed by atoms with Gasteiger partial charge in [0, 0.05) is 45.1 Å². The Morgan fingerprint density at radius 3 is 2.43 bits per heavy atom. The molecule has 160 valence electrons. The van der Waals surface area contributed by atoms with E-state index < -0.39 is 17.6 Å². The fraction of sp³-hybridized carbons (Fsp3) is 0.364. The Kier molecular flexibility index (Phi) is 7.37. The van der Waals surface area contributed by atoms with Gasteiger partial charge in [-0.15, -0.1) is 0 Å². The highest BCUT2D eigenvalue weighted by molar-refractivity contribution is 6.39. The predicted octanol–water partition coefficient (Wildman–Crippen LogP) is 2.02. The molecule has 1 heterocycles. The Labute approximate surface area is 175 Å². The third-order valence-corrected chi connectivity index (χ3v) is 5.03. The van der Waals surface area contributed by atoms with Crippen LogP contribution in [0.25, 0.3) is 0 Å². The maximum atomic E-state index is 13.3. The van der Waals surface area contributed by atoms with Crippen LogP contribution in [0.4, 0.5) is 15.8 Å². The van der Waals surface area contributed by atoms with Gasteiger partial charge < -0.3 is 20.3 Å². The average Bonchev–Trinajstić information content (AvgIpc) is 2.75. The molecule has 1 atom stereocenters. The number of morpholine rings is 1. The first-order valence-corrected chi connectivity index (χ1v) is 9.88. The van der Waals surface area contributed by atoms with Gasteiger partial charge in [0.05, 0.1) is 19.3 Å². The van der Waals surface area contributed by atoms with Gasteiger partial charge in [0.2, 0.25) is 0 Å². The number of hydrogen-bond acceptors (Lipinski definition) is 5. The van der Waals surface area contributed by atoms with Crippen LogP contribution in [-0.4, -0.2) is 63.7 Å². The Morgan fingerprint density at radius 1 is 1.10 bits per heavy atom. The normalized spacial score (nSPS) is 15.3. The van der Waals surface area contributed by atoms with Crippen molar-refractivity contribution >= 4 is 23.2 Å². The molecule has 8 heteroatoms. The van der Waals surface area contributed by atoms with Crippen molar-refractivity contribution in [2.45, 2.75) is 6.04 Å². The van der Waals surface area contributed by atoms with E-state index in [9.17, 15) is 14.0 Å². The van der Waals surface area contributed by atoms with Gasteiger partial charge in [-0.25, -0.2) is 4.39 Å². The molecule has 0 radical (unpaired) electrons. The molecule has 0 bridgehead atoms. The average molecular weight is 414 g/mol. The summed E-state index contributed by atoms with van der Waals surface area (Å²) in [7, 11) is 3.96. The second-order valence-electron chi connectivity index (χ2n) is 7.32. The van der Waals surface area contributed by atoms with Crippen molar-refractivity contribution in [1.29, 1.82) is 0 Å². The van der Waals surface area contributed by atoms with Crippen molar-refractivity contribution in [3.63, 3.8) is 0 Å². The van der Waals surface area contributed by atoms with E-state index in [1.165, 1.54) is 18.2 Å². The quantitative estimate of drug-likeness (QED) is 0.708. The molecule has 2 N–H and O–H groups in total. The number of nitrogens with one attached hydrogen (secondary N) is 2. The van der Waals surface area contributed by atoms with Crippen LogP contribution in [0.15, 0.2) is 48.5 Å². The van der Waals surface area contributed by atoms with E-state index in [-0.39, 0.29) is 18.3 Å². The molecule has 2 aromatic carbocycles. The van der Waals surface area contributed by atoms with E-state index in [1.54, 1.807) is 0 Å². The van der Waals surface area contributed by atoms with Gasteiger partial charge in [-0.05, 0) is 35.9 Å². The summed E-state index contributed by atoms with van der Waals surface area (Å²) in [5.41, 5.74) is 2.37. The van der Waals surface area contributed by atoms with E-state index in [0.717, 1.165) is 30.4 Å². The summed E-state index contributed by atoms with van der Waals surface area (Å²) in [5.74, 6) is -2.08. The van der Waals surface area contributed by atoms with E-state index in [2.05, 4.69) is 15.5 Å². The number of benzene rings is 2. The summed E-state index contributed by atoms with van der Waals surface area (Å²) in [4.78, 5) is 28.8. The van der Waals surface area contributed by atoms with Crippen LogP contribution < -0.4 is 15.5 Å². The molecular weight excluding hydrogens is 387 g/mol. The second kappa shape index (κ2) is 10.2. The first-order chi connectivity index (χ1) is 14.4. The Bertz CT molecular complexity index is 867. The van der Waals surface area contributed by atoms with Crippen LogP contribution in [0.3, 0.4) is 0 Å². The fourth-order valence-corrected chi connectivity index (χ4v) is 3.37. The molecular formula is C22H27FN4O3. The topological polar surface area (TPSA) is 73.9 Å². The molecule has 0 saturated carbocycles. The van der Waals surface area contributed by atoms with Gasteiger partial charge in [-0.2, -0.15) is 0 Å². The number of ether oxygens (including phenoxy) is 1. The molecule has 30 heavy (non-hydrogen) atoms. The molecule has 1 saturated heterocycles. The summed E-state index contributed by atoms with van der Waals surface area (Å²) in [6.07, 6.45) is 0. The molecule has 2 amide bonds. The van der Waals surface area contributed by atoms with E-state index >= 15 is 0 Å². The summed E-state index contributed by atoms with van der Waals surface area (Å²) >= 11 is 0. The number of carbonyl (C=O) groups is 2. The van der Waals surface area contributed by atoms with Gasteiger partial charge in [0.25, 0.3) is 0 Å². The van der Waals surface area contributed by atoms with Crippen molar-refractivity contribution in [2.75, 3.05) is 57.2 Å². The Hall–Kier alpha value is -2.97. The molecule has 7 nitrogen and oxygen atoms in total. The van der Waals surface area contributed by atoms with Crippen LogP contribution in [-0.2, 0) is 14.3 Å². The van der Waals surface area contributed by atoms with Crippen LogP contribution in [0, 0.1) is 5.82 Å². The maximum absolute atomic E-state index is 13.3. The van der Waals surface area contributed by atoms with E-state index in [1.807, 2.05) is 43.3 Å². The van der Waals surface area contributed by atoms with Gasteiger partial charge >= 0.3 is 11.8 Å². The SMILES string of the molecule is CN(C)c1ccc([C@H](CNC(=O)C(=O)Nc2cccc(F)c2)N2CCOCC2)cc1. The van der Waals surface area contributed by atoms with Crippen LogP contribution in [0.2, 0.25) is 0 Å². The Morgan fingerprint density at radius 2 is 1.80 bits per heavy atom. The minimum atomic E-state index is -0.829. The lowest BCUT2D eigenvalue weighted by atomic mass is 10.0. The van der Waals surface area contributed by atoms with Gasteiger partial charge in [0.15, 0.2) is 0 Å². The number of amides is 2. The zero-order valence-corrected chi connectivity index (χ0v) is 17.2. The molecule has 0 spiro atoms. The number of hydrogen-bond donors (Lipinski definition) is 2. The molecule has 1 fully saturated rings. The first kappa shape index (κ1) is 21.7. The summed E-state index contributed by atoms with van der Waals surface area (Å²) < 4.78 is 18.7. The van der Waals surface area contributed by atoms with Gasteiger partial charge in [-0.3, -0.25) is 14.5 Å². The van der Waals surface area contributed by atoms with E-state index in [0.29, 0.717) is 13.2 Å². The molecule has 0 aromatic heterocycles. The lowest BCUT2D eigenvalue weighted by molar-refractivity contribution is -0.136. The lowest BCUT2D eigenvalue weighted by Gasteiger charge is -2.35. The molecule has 1 aliphatic rings. The van der Waals surface area contributed by atoms with Crippen molar-refractivity contribution < 1.29 is 18.7 Å². The highest BCUT2D eigenvalue weighted by Gasteiger charge is 2.24. The smallest absolute Gasteiger partial charge is 0.313 e. The third-order valence-electron chi connectivity index (χ3n) is 5.03. The highest BCUT2D eigenvalue weighted by atomic mass is 19.1. The summed E-state index contributed by atoms with van der Waals surface area (Å²) in [5, 5.41) is 5.13.